The number of para-hydroxylation sites is 1. The van der Waals surface area contributed by atoms with Crippen LogP contribution in [0.5, 0.6) is 5.75 Å². The van der Waals surface area contributed by atoms with E-state index >= 15 is 0 Å². The van der Waals surface area contributed by atoms with Gasteiger partial charge in [-0.25, -0.2) is 4.79 Å². The van der Waals surface area contributed by atoms with E-state index in [0.717, 1.165) is 10.9 Å². The van der Waals surface area contributed by atoms with Crippen LogP contribution in [0.3, 0.4) is 0 Å². The fraction of sp³-hybridized carbons (Fsp3) is 0.158. The molecule has 1 amide bonds. The third kappa shape index (κ3) is 3.80. The highest BCUT2D eigenvalue weighted by molar-refractivity contribution is 5.98. The fourth-order valence-electron chi connectivity index (χ4n) is 2.38. The quantitative estimate of drug-likeness (QED) is 0.699. The zero-order valence-electron chi connectivity index (χ0n) is 13.9. The van der Waals surface area contributed by atoms with E-state index in [-0.39, 0.29) is 0 Å². The van der Waals surface area contributed by atoms with Crippen molar-refractivity contribution in [2.75, 3.05) is 12.4 Å². The number of aromatic nitrogens is 1. The molecule has 0 bridgehead atoms. The number of fused-ring (bicyclic) bond motifs is 1. The van der Waals surface area contributed by atoms with E-state index in [1.807, 2.05) is 24.3 Å². The molecule has 0 saturated heterocycles. The number of amides is 1. The Labute approximate surface area is 144 Å². The smallest absolute Gasteiger partial charge is 0.355 e. The van der Waals surface area contributed by atoms with Crippen LogP contribution in [-0.2, 0) is 9.53 Å². The summed E-state index contributed by atoms with van der Waals surface area (Å²) in [6.45, 7) is 1.53. The van der Waals surface area contributed by atoms with Gasteiger partial charge in [-0.15, -0.1) is 0 Å². The molecule has 128 valence electrons. The Morgan fingerprint density at radius 1 is 1.08 bits per heavy atom. The Morgan fingerprint density at radius 2 is 1.80 bits per heavy atom. The molecule has 2 aromatic carbocycles. The SMILES string of the molecule is COc1ccc(NC(=O)[C@@H](C)OC(=O)c2cc3ccccc3[nH]2)cc1. The highest BCUT2D eigenvalue weighted by Gasteiger charge is 2.20. The van der Waals surface area contributed by atoms with E-state index in [0.29, 0.717) is 17.1 Å². The average molecular weight is 338 g/mol. The van der Waals surface area contributed by atoms with Gasteiger partial charge in [0.1, 0.15) is 11.4 Å². The molecule has 0 spiro atoms. The number of H-pyrrole nitrogens is 1. The van der Waals surface area contributed by atoms with Crippen LogP contribution in [0.1, 0.15) is 17.4 Å². The van der Waals surface area contributed by atoms with Gasteiger partial charge in [-0.1, -0.05) is 18.2 Å². The van der Waals surface area contributed by atoms with Crippen molar-refractivity contribution in [2.45, 2.75) is 13.0 Å². The van der Waals surface area contributed by atoms with Crippen LogP contribution < -0.4 is 10.1 Å². The highest BCUT2D eigenvalue weighted by atomic mass is 16.5. The fourth-order valence-corrected chi connectivity index (χ4v) is 2.38. The molecule has 6 nitrogen and oxygen atoms in total. The number of carbonyl (C=O) groups excluding carboxylic acids is 2. The van der Waals surface area contributed by atoms with Crippen molar-refractivity contribution >= 4 is 28.5 Å². The van der Waals surface area contributed by atoms with Crippen molar-refractivity contribution in [3.8, 4) is 5.75 Å². The number of esters is 1. The summed E-state index contributed by atoms with van der Waals surface area (Å²) in [5.41, 5.74) is 1.74. The molecular weight excluding hydrogens is 320 g/mol. The van der Waals surface area contributed by atoms with Gasteiger partial charge in [0.25, 0.3) is 5.91 Å². The molecule has 0 unspecified atom stereocenters. The molecule has 6 heteroatoms. The molecule has 0 radical (unpaired) electrons. The van der Waals surface area contributed by atoms with E-state index in [1.54, 1.807) is 37.4 Å². The largest absolute Gasteiger partial charge is 0.497 e. The van der Waals surface area contributed by atoms with Gasteiger partial charge in [-0.3, -0.25) is 4.79 Å². The molecule has 1 atom stereocenters. The van der Waals surface area contributed by atoms with Gasteiger partial charge >= 0.3 is 5.97 Å². The van der Waals surface area contributed by atoms with Crippen LogP contribution in [0.25, 0.3) is 10.9 Å². The standard InChI is InChI=1S/C19H18N2O4/c1-12(18(22)20-14-7-9-15(24-2)10-8-14)25-19(23)17-11-13-5-3-4-6-16(13)21-17/h3-12,21H,1-2H3,(H,20,22)/t12-/m1/s1. The van der Waals surface area contributed by atoms with Crippen molar-refractivity contribution < 1.29 is 19.1 Å². The number of hydrogen-bond donors (Lipinski definition) is 2. The van der Waals surface area contributed by atoms with Crippen LogP contribution in [0.15, 0.2) is 54.6 Å². The van der Waals surface area contributed by atoms with E-state index in [1.165, 1.54) is 6.92 Å². The lowest BCUT2D eigenvalue weighted by Gasteiger charge is -2.13. The van der Waals surface area contributed by atoms with E-state index in [9.17, 15) is 9.59 Å². The number of rotatable bonds is 5. The Hall–Kier alpha value is -3.28. The maximum Gasteiger partial charge on any atom is 0.355 e. The van der Waals surface area contributed by atoms with Crippen molar-refractivity contribution in [2.24, 2.45) is 0 Å². The first-order valence-corrected chi connectivity index (χ1v) is 7.80. The summed E-state index contributed by atoms with van der Waals surface area (Å²) in [6.07, 6.45) is -0.930. The number of aromatic amines is 1. The maximum atomic E-state index is 12.2. The molecule has 1 heterocycles. The summed E-state index contributed by atoms with van der Waals surface area (Å²) < 4.78 is 10.3. The van der Waals surface area contributed by atoms with Crippen LogP contribution >= 0.6 is 0 Å². The minimum Gasteiger partial charge on any atom is -0.497 e. The molecular formula is C19H18N2O4. The topological polar surface area (TPSA) is 80.4 Å². The van der Waals surface area contributed by atoms with Crippen molar-refractivity contribution in [1.82, 2.24) is 4.98 Å². The second-order valence-corrected chi connectivity index (χ2v) is 5.54. The number of methoxy groups -OCH3 is 1. The van der Waals surface area contributed by atoms with Crippen molar-refractivity contribution in [1.29, 1.82) is 0 Å². The van der Waals surface area contributed by atoms with Gasteiger partial charge < -0.3 is 19.8 Å². The lowest BCUT2D eigenvalue weighted by molar-refractivity contribution is -0.123. The Bertz CT molecular complexity index is 866. The number of benzene rings is 2. The van der Waals surface area contributed by atoms with Gasteiger partial charge in [0, 0.05) is 16.6 Å². The normalized spacial score (nSPS) is 11.8. The second kappa shape index (κ2) is 7.09. The van der Waals surface area contributed by atoms with E-state index in [4.69, 9.17) is 9.47 Å². The minimum atomic E-state index is -0.930. The highest BCUT2D eigenvalue weighted by Crippen LogP contribution is 2.17. The lowest BCUT2D eigenvalue weighted by Crippen LogP contribution is -2.30. The summed E-state index contributed by atoms with van der Waals surface area (Å²) in [4.78, 5) is 27.4. The third-order valence-corrected chi connectivity index (χ3v) is 3.76. The zero-order chi connectivity index (χ0) is 17.8. The van der Waals surface area contributed by atoms with Crippen LogP contribution in [0.2, 0.25) is 0 Å². The molecule has 0 aliphatic carbocycles. The van der Waals surface area contributed by atoms with E-state index < -0.39 is 18.0 Å². The molecule has 0 fully saturated rings. The molecule has 0 saturated carbocycles. The molecule has 2 N–H and O–H groups in total. The van der Waals surface area contributed by atoms with Gasteiger partial charge in [0.2, 0.25) is 0 Å². The third-order valence-electron chi connectivity index (χ3n) is 3.76. The monoisotopic (exact) mass is 338 g/mol. The Morgan fingerprint density at radius 3 is 2.48 bits per heavy atom. The van der Waals surface area contributed by atoms with Crippen molar-refractivity contribution in [3.05, 3.63) is 60.3 Å². The van der Waals surface area contributed by atoms with Gasteiger partial charge in [0.15, 0.2) is 6.10 Å². The molecule has 25 heavy (non-hydrogen) atoms. The molecule has 0 aliphatic rings. The summed E-state index contributed by atoms with van der Waals surface area (Å²) in [7, 11) is 1.57. The van der Waals surface area contributed by atoms with Gasteiger partial charge in [0.05, 0.1) is 7.11 Å². The van der Waals surface area contributed by atoms with Crippen LogP contribution in [0.4, 0.5) is 5.69 Å². The van der Waals surface area contributed by atoms with Crippen LogP contribution in [0, 0.1) is 0 Å². The Balaban J connectivity index is 1.62. The van der Waals surface area contributed by atoms with E-state index in [2.05, 4.69) is 10.3 Å². The maximum absolute atomic E-state index is 12.2. The molecule has 3 rings (SSSR count). The predicted octanol–water partition coefficient (Wildman–Crippen LogP) is 3.36. The van der Waals surface area contributed by atoms with Crippen LogP contribution in [-0.4, -0.2) is 30.1 Å². The predicted molar refractivity (Wildman–Crippen MR) is 94.8 cm³/mol. The first-order chi connectivity index (χ1) is 12.1. The number of anilines is 1. The summed E-state index contributed by atoms with van der Waals surface area (Å²) >= 11 is 0. The first kappa shape index (κ1) is 16.6. The number of carbonyl (C=O) groups is 2. The average Bonchev–Trinajstić information content (AvgIpc) is 3.06. The lowest BCUT2D eigenvalue weighted by atomic mass is 10.2. The molecule has 0 aliphatic heterocycles. The zero-order valence-corrected chi connectivity index (χ0v) is 13.9. The van der Waals surface area contributed by atoms with Crippen molar-refractivity contribution in [3.63, 3.8) is 0 Å². The van der Waals surface area contributed by atoms with Gasteiger partial charge in [-0.05, 0) is 43.3 Å². The first-order valence-electron chi connectivity index (χ1n) is 7.80. The summed E-state index contributed by atoms with van der Waals surface area (Å²) in [5.74, 6) is -0.292. The molecule has 1 aromatic heterocycles. The Kier molecular flexibility index (Phi) is 4.70. The van der Waals surface area contributed by atoms with Gasteiger partial charge in [-0.2, -0.15) is 0 Å². The second-order valence-electron chi connectivity index (χ2n) is 5.54. The summed E-state index contributed by atoms with van der Waals surface area (Å²) in [6, 6.07) is 16.1. The summed E-state index contributed by atoms with van der Waals surface area (Å²) in [5, 5.41) is 3.60. The minimum absolute atomic E-state index is 0.310. The number of nitrogens with one attached hydrogen (secondary N) is 2. The number of ether oxygens (including phenoxy) is 2. The number of hydrogen-bond acceptors (Lipinski definition) is 4. The molecule has 3 aromatic rings.